The van der Waals surface area contributed by atoms with Crippen LogP contribution in [0, 0.1) is 0 Å². The summed E-state index contributed by atoms with van der Waals surface area (Å²) in [5, 5.41) is 52.9. The summed E-state index contributed by atoms with van der Waals surface area (Å²) in [4.78, 5) is 17.2. The van der Waals surface area contributed by atoms with Gasteiger partial charge in [-0.05, 0) is 6.42 Å². The maximum absolute atomic E-state index is 12.2. The van der Waals surface area contributed by atoms with Gasteiger partial charge in [0.05, 0.1) is 25.4 Å². The lowest BCUT2D eigenvalue weighted by Crippen LogP contribution is -2.60. The van der Waals surface area contributed by atoms with Crippen molar-refractivity contribution in [2.24, 2.45) is 5.90 Å². The fraction of sp³-hybridized carbons (Fsp3) is 0.962. The number of unbranched alkanes of at least 4 members (excludes halogenated alkanes) is 10. The van der Waals surface area contributed by atoms with Crippen molar-refractivity contribution >= 4 is 5.91 Å². The Hall–Kier alpha value is -0.930. The van der Waals surface area contributed by atoms with Crippen LogP contribution in [0.4, 0.5) is 0 Å². The second-order valence-corrected chi connectivity index (χ2v) is 10.1. The van der Waals surface area contributed by atoms with E-state index >= 15 is 0 Å². The van der Waals surface area contributed by atoms with Crippen LogP contribution in [0.3, 0.4) is 0 Å². The number of methoxy groups -OCH3 is 1. The summed E-state index contributed by atoms with van der Waals surface area (Å²) in [6.07, 6.45) is 3.94. The summed E-state index contributed by atoms with van der Waals surface area (Å²) >= 11 is 0. The monoisotopic (exact) mass is 552 g/mol. The Balaban J connectivity index is 2.56. The van der Waals surface area contributed by atoms with E-state index in [1.807, 2.05) is 0 Å². The van der Waals surface area contributed by atoms with Crippen LogP contribution in [-0.4, -0.2) is 107 Å². The average Bonchev–Trinajstić information content (AvgIpc) is 2.90. The minimum atomic E-state index is -1.61. The number of ether oxygens (including phenoxy) is 3. The molecule has 1 heterocycles. The van der Waals surface area contributed by atoms with E-state index in [4.69, 9.17) is 24.9 Å². The van der Waals surface area contributed by atoms with Gasteiger partial charge < -0.3 is 45.1 Å². The topological polar surface area (TPSA) is 193 Å². The first kappa shape index (κ1) is 35.1. The summed E-state index contributed by atoms with van der Waals surface area (Å²) in [5.74, 6) is 4.99. The van der Waals surface area contributed by atoms with Crippen LogP contribution in [0.25, 0.3) is 0 Å². The Bertz CT molecular complexity index is 600. The number of amides is 1. The lowest BCUT2D eigenvalue weighted by molar-refractivity contribution is -0.303. The van der Waals surface area contributed by atoms with Gasteiger partial charge in [0, 0.05) is 7.11 Å². The smallest absolute Gasteiger partial charge is 0.246 e. The van der Waals surface area contributed by atoms with Gasteiger partial charge in [-0.15, -0.1) is 0 Å². The molecule has 8 atom stereocenters. The van der Waals surface area contributed by atoms with E-state index in [1.165, 1.54) is 52.1 Å². The molecule has 226 valence electrons. The van der Waals surface area contributed by atoms with E-state index in [0.717, 1.165) is 25.7 Å². The molecule has 8 unspecified atom stereocenters. The third-order valence-electron chi connectivity index (χ3n) is 6.95. The normalized spacial score (nSPS) is 26.2. The molecule has 0 saturated carbocycles. The van der Waals surface area contributed by atoms with Crippen LogP contribution >= 0.6 is 0 Å². The molecule has 0 bridgehead atoms. The number of carbonyl (C=O) groups excluding carboxylic acids is 1. The lowest BCUT2D eigenvalue weighted by atomic mass is 9.98. The minimum absolute atomic E-state index is 0.247. The Morgan fingerprint density at radius 3 is 2.05 bits per heavy atom. The average molecular weight is 553 g/mol. The summed E-state index contributed by atoms with van der Waals surface area (Å²) in [5.41, 5.74) is 0. The molecule has 1 fully saturated rings. The zero-order chi connectivity index (χ0) is 28.3. The number of carbonyl (C=O) groups is 1. The Labute approximate surface area is 226 Å². The van der Waals surface area contributed by atoms with Crippen molar-refractivity contribution in [3.05, 3.63) is 0 Å². The molecule has 1 rings (SSSR count). The molecule has 1 saturated heterocycles. The number of nitrogens with two attached hydrogens (primary N) is 1. The molecule has 0 aromatic carbocycles. The number of aliphatic hydroxyl groups excluding tert-OH is 5. The molecule has 1 aliphatic rings. The van der Waals surface area contributed by atoms with Crippen molar-refractivity contribution in [1.29, 1.82) is 0 Å². The Kier molecular flexibility index (Phi) is 19.3. The molecule has 8 N–H and O–H groups in total. The van der Waals surface area contributed by atoms with Gasteiger partial charge >= 0.3 is 0 Å². The molecule has 1 aliphatic heterocycles. The van der Waals surface area contributed by atoms with Gasteiger partial charge in [0.25, 0.3) is 0 Å². The van der Waals surface area contributed by atoms with E-state index in [1.54, 1.807) is 0 Å². The zero-order valence-electron chi connectivity index (χ0n) is 23.1. The van der Waals surface area contributed by atoms with E-state index in [-0.39, 0.29) is 13.2 Å². The maximum Gasteiger partial charge on any atom is 0.246 e. The van der Waals surface area contributed by atoms with Gasteiger partial charge in [0.15, 0.2) is 6.29 Å². The maximum atomic E-state index is 12.2. The van der Waals surface area contributed by atoms with Crippen molar-refractivity contribution < 1.29 is 49.4 Å². The first-order chi connectivity index (χ1) is 18.3. The van der Waals surface area contributed by atoms with Crippen LogP contribution in [0.5, 0.6) is 0 Å². The first-order valence-electron chi connectivity index (χ1n) is 14.0. The largest absolute Gasteiger partial charge is 0.394 e. The summed E-state index contributed by atoms with van der Waals surface area (Å²) in [6.45, 7) is 1.05. The lowest BCUT2D eigenvalue weighted by Gasteiger charge is -2.40. The molecule has 12 heteroatoms. The van der Waals surface area contributed by atoms with E-state index < -0.39 is 61.5 Å². The second kappa shape index (κ2) is 20.9. The molecule has 0 aromatic rings. The Morgan fingerprint density at radius 1 is 0.947 bits per heavy atom. The highest BCUT2D eigenvalue weighted by Crippen LogP contribution is 2.23. The molecule has 0 aliphatic carbocycles. The van der Waals surface area contributed by atoms with Crippen LogP contribution in [0.1, 0.15) is 84.0 Å². The van der Waals surface area contributed by atoms with Crippen molar-refractivity contribution in [2.75, 3.05) is 26.9 Å². The highest BCUT2D eigenvalue weighted by molar-refractivity contribution is 5.77. The van der Waals surface area contributed by atoms with Gasteiger partial charge in [-0.2, -0.15) is 0 Å². The standard InChI is InChI=1S/C26H52N2O10/c1-3-4-5-6-7-8-9-10-11-12-13-14-19(30)25(38-27)18(28-21(31)17-35-2)16-36-26-24(34)23(33)22(32)20(15-29)37-26/h18-20,22-26,29-30,32-34H,3-17,27H2,1-2H3,(H,28,31). The van der Waals surface area contributed by atoms with Gasteiger partial charge in [0.2, 0.25) is 5.91 Å². The molecular weight excluding hydrogens is 500 g/mol. The molecule has 1 amide bonds. The fourth-order valence-corrected chi connectivity index (χ4v) is 4.64. The summed E-state index contributed by atoms with van der Waals surface area (Å²) in [7, 11) is 1.36. The Morgan fingerprint density at radius 2 is 1.53 bits per heavy atom. The third kappa shape index (κ3) is 12.9. The third-order valence-corrected chi connectivity index (χ3v) is 6.95. The number of nitrogens with one attached hydrogen (secondary N) is 1. The zero-order valence-corrected chi connectivity index (χ0v) is 23.1. The number of rotatable bonds is 22. The SMILES string of the molecule is CCCCCCCCCCCCCC(O)C(ON)C(COC1OC(CO)C(O)C(O)C1O)NC(=O)COC. The van der Waals surface area contributed by atoms with Crippen LogP contribution in [0.15, 0.2) is 0 Å². The molecule has 0 aromatic heterocycles. The van der Waals surface area contributed by atoms with Gasteiger partial charge in [-0.3, -0.25) is 9.63 Å². The quantitative estimate of drug-likeness (QED) is 0.0719. The highest BCUT2D eigenvalue weighted by Gasteiger charge is 2.44. The minimum Gasteiger partial charge on any atom is -0.394 e. The van der Waals surface area contributed by atoms with Crippen molar-refractivity contribution in [1.82, 2.24) is 5.32 Å². The summed E-state index contributed by atoms with van der Waals surface area (Å²) < 4.78 is 15.8. The van der Waals surface area contributed by atoms with E-state index in [0.29, 0.717) is 6.42 Å². The van der Waals surface area contributed by atoms with Crippen molar-refractivity contribution in [3.63, 3.8) is 0 Å². The number of aliphatic hydroxyl groups is 5. The predicted octanol–water partition coefficient (Wildman–Crippen LogP) is 0.255. The number of hydrogen-bond donors (Lipinski definition) is 7. The summed E-state index contributed by atoms with van der Waals surface area (Å²) in [6, 6.07) is -0.947. The van der Waals surface area contributed by atoms with Crippen molar-refractivity contribution in [3.8, 4) is 0 Å². The predicted molar refractivity (Wildman–Crippen MR) is 140 cm³/mol. The highest BCUT2D eigenvalue weighted by atomic mass is 16.7. The van der Waals surface area contributed by atoms with Crippen LogP contribution in [0.2, 0.25) is 0 Å². The number of hydrogen-bond acceptors (Lipinski definition) is 11. The second-order valence-electron chi connectivity index (χ2n) is 10.1. The molecule has 38 heavy (non-hydrogen) atoms. The van der Waals surface area contributed by atoms with Crippen molar-refractivity contribution in [2.45, 2.75) is 133 Å². The molecule has 0 radical (unpaired) electrons. The van der Waals surface area contributed by atoms with Gasteiger partial charge in [-0.1, -0.05) is 77.6 Å². The molecule has 0 spiro atoms. The first-order valence-corrected chi connectivity index (χ1v) is 14.0. The molecule has 12 nitrogen and oxygen atoms in total. The van der Waals surface area contributed by atoms with E-state index in [2.05, 4.69) is 12.2 Å². The van der Waals surface area contributed by atoms with Gasteiger partial charge in [-0.25, -0.2) is 5.90 Å². The van der Waals surface area contributed by atoms with Gasteiger partial charge in [0.1, 0.15) is 37.1 Å². The molecular formula is C26H52N2O10. The van der Waals surface area contributed by atoms with Crippen LogP contribution < -0.4 is 11.2 Å². The van der Waals surface area contributed by atoms with Crippen LogP contribution in [-0.2, 0) is 23.8 Å². The fourth-order valence-electron chi connectivity index (χ4n) is 4.64. The van der Waals surface area contributed by atoms with E-state index in [9.17, 15) is 30.3 Å².